The summed E-state index contributed by atoms with van der Waals surface area (Å²) in [5, 5.41) is 2.17. The van der Waals surface area contributed by atoms with Gasteiger partial charge in [-0.25, -0.2) is 0 Å². The molecule has 0 spiro atoms. The van der Waals surface area contributed by atoms with Crippen LogP contribution in [0.15, 0.2) is 11.4 Å². The molecule has 2 heterocycles. The standard InChI is InChI=1S/C9H12OS/c1-7-9(3-5-11-7)8-2-4-10-6-8/h3,5,8H,2,4,6H2,1H3. The lowest BCUT2D eigenvalue weighted by Gasteiger charge is -2.05. The van der Waals surface area contributed by atoms with Crippen LogP contribution in [0.2, 0.25) is 0 Å². The van der Waals surface area contributed by atoms with Gasteiger partial charge in [0.05, 0.1) is 6.61 Å². The molecule has 1 aromatic rings. The van der Waals surface area contributed by atoms with Crippen LogP contribution in [0.4, 0.5) is 0 Å². The van der Waals surface area contributed by atoms with E-state index in [-0.39, 0.29) is 0 Å². The summed E-state index contributed by atoms with van der Waals surface area (Å²) >= 11 is 1.84. The van der Waals surface area contributed by atoms with E-state index in [0.717, 1.165) is 13.2 Å². The Morgan fingerprint density at radius 2 is 2.55 bits per heavy atom. The third-order valence-corrected chi connectivity index (χ3v) is 3.13. The second kappa shape index (κ2) is 2.95. The lowest BCUT2D eigenvalue weighted by atomic mass is 10.00. The molecule has 1 unspecified atom stereocenters. The van der Waals surface area contributed by atoms with Gasteiger partial charge in [0.1, 0.15) is 0 Å². The van der Waals surface area contributed by atoms with Crippen molar-refractivity contribution < 1.29 is 4.74 Å². The van der Waals surface area contributed by atoms with E-state index < -0.39 is 0 Å². The van der Waals surface area contributed by atoms with Crippen LogP contribution < -0.4 is 0 Å². The summed E-state index contributed by atoms with van der Waals surface area (Å²) in [5.41, 5.74) is 1.51. The van der Waals surface area contributed by atoms with Crippen molar-refractivity contribution in [3.8, 4) is 0 Å². The summed E-state index contributed by atoms with van der Waals surface area (Å²) < 4.78 is 5.34. The predicted molar refractivity (Wildman–Crippen MR) is 47.2 cm³/mol. The predicted octanol–water partition coefficient (Wildman–Crippen LogP) is 2.56. The highest BCUT2D eigenvalue weighted by molar-refractivity contribution is 7.10. The average molecular weight is 168 g/mol. The van der Waals surface area contributed by atoms with Gasteiger partial charge >= 0.3 is 0 Å². The minimum absolute atomic E-state index is 0.682. The second-order valence-electron chi connectivity index (χ2n) is 2.99. The first-order chi connectivity index (χ1) is 5.38. The van der Waals surface area contributed by atoms with Gasteiger partial charge in [-0.15, -0.1) is 11.3 Å². The topological polar surface area (TPSA) is 9.23 Å². The Bertz CT molecular complexity index is 235. The fourth-order valence-corrected chi connectivity index (χ4v) is 2.39. The Balaban J connectivity index is 2.21. The summed E-state index contributed by atoms with van der Waals surface area (Å²) in [6, 6.07) is 2.24. The molecule has 0 bridgehead atoms. The molecule has 0 N–H and O–H groups in total. The molecular weight excluding hydrogens is 156 g/mol. The Labute approximate surface area is 71.0 Å². The van der Waals surface area contributed by atoms with Crippen molar-refractivity contribution >= 4 is 11.3 Å². The van der Waals surface area contributed by atoms with Gasteiger partial charge in [0.15, 0.2) is 0 Å². The first kappa shape index (κ1) is 7.32. The molecule has 1 fully saturated rings. The Kier molecular flexibility index (Phi) is 1.96. The van der Waals surface area contributed by atoms with E-state index in [9.17, 15) is 0 Å². The van der Waals surface area contributed by atoms with Crippen molar-refractivity contribution in [2.45, 2.75) is 19.3 Å². The summed E-state index contributed by atoms with van der Waals surface area (Å²) in [7, 11) is 0. The summed E-state index contributed by atoms with van der Waals surface area (Å²) in [5.74, 6) is 0.682. The molecule has 0 radical (unpaired) electrons. The molecule has 1 aromatic heterocycles. The van der Waals surface area contributed by atoms with Crippen LogP contribution in [0, 0.1) is 6.92 Å². The molecule has 0 aliphatic carbocycles. The summed E-state index contributed by atoms with van der Waals surface area (Å²) in [6.07, 6.45) is 1.21. The molecule has 11 heavy (non-hydrogen) atoms. The smallest absolute Gasteiger partial charge is 0.0535 e. The molecule has 2 rings (SSSR count). The van der Waals surface area contributed by atoms with Crippen molar-refractivity contribution in [1.29, 1.82) is 0 Å². The van der Waals surface area contributed by atoms with Gasteiger partial charge < -0.3 is 4.74 Å². The third-order valence-electron chi connectivity index (χ3n) is 2.27. The SMILES string of the molecule is Cc1sccc1C1CCOC1. The molecule has 60 valence electrons. The molecule has 1 saturated heterocycles. The molecule has 0 aromatic carbocycles. The minimum Gasteiger partial charge on any atom is -0.381 e. The highest BCUT2D eigenvalue weighted by Gasteiger charge is 2.19. The molecule has 1 aliphatic rings. The first-order valence-corrected chi connectivity index (χ1v) is 4.87. The van der Waals surface area contributed by atoms with Gasteiger partial charge in [0.25, 0.3) is 0 Å². The fourth-order valence-electron chi connectivity index (χ4n) is 1.60. The zero-order valence-electron chi connectivity index (χ0n) is 6.67. The number of rotatable bonds is 1. The normalized spacial score (nSPS) is 24.3. The Morgan fingerprint density at radius 3 is 3.09 bits per heavy atom. The Hall–Kier alpha value is -0.340. The highest BCUT2D eigenvalue weighted by atomic mass is 32.1. The van der Waals surface area contributed by atoms with Crippen molar-refractivity contribution in [1.82, 2.24) is 0 Å². The van der Waals surface area contributed by atoms with Gasteiger partial charge in [0, 0.05) is 17.4 Å². The molecular formula is C9H12OS. The van der Waals surface area contributed by atoms with Crippen LogP contribution >= 0.6 is 11.3 Å². The number of thiophene rings is 1. The third kappa shape index (κ3) is 1.33. The molecule has 1 atom stereocenters. The quantitative estimate of drug-likeness (QED) is 0.626. The van der Waals surface area contributed by atoms with Crippen molar-refractivity contribution in [2.75, 3.05) is 13.2 Å². The number of hydrogen-bond acceptors (Lipinski definition) is 2. The Morgan fingerprint density at radius 1 is 1.64 bits per heavy atom. The monoisotopic (exact) mass is 168 g/mol. The maximum absolute atomic E-state index is 5.34. The van der Waals surface area contributed by atoms with E-state index in [1.807, 2.05) is 11.3 Å². The van der Waals surface area contributed by atoms with E-state index in [1.165, 1.54) is 16.9 Å². The lowest BCUT2D eigenvalue weighted by molar-refractivity contribution is 0.194. The van der Waals surface area contributed by atoms with Crippen LogP contribution in [-0.2, 0) is 4.74 Å². The first-order valence-electron chi connectivity index (χ1n) is 3.99. The zero-order valence-corrected chi connectivity index (χ0v) is 7.49. The largest absolute Gasteiger partial charge is 0.381 e. The van der Waals surface area contributed by atoms with Crippen molar-refractivity contribution in [2.24, 2.45) is 0 Å². The summed E-state index contributed by atoms with van der Waals surface area (Å²) in [4.78, 5) is 1.46. The van der Waals surface area contributed by atoms with Crippen LogP contribution in [0.5, 0.6) is 0 Å². The van der Waals surface area contributed by atoms with Gasteiger partial charge in [-0.3, -0.25) is 0 Å². The average Bonchev–Trinajstić information content (AvgIpc) is 2.55. The molecule has 0 amide bonds. The van der Waals surface area contributed by atoms with E-state index in [4.69, 9.17) is 4.74 Å². The maximum atomic E-state index is 5.34. The molecule has 0 saturated carbocycles. The van der Waals surface area contributed by atoms with Gasteiger partial charge in [-0.1, -0.05) is 0 Å². The van der Waals surface area contributed by atoms with Crippen LogP contribution in [0.1, 0.15) is 22.8 Å². The second-order valence-corrected chi connectivity index (χ2v) is 4.11. The lowest BCUT2D eigenvalue weighted by Crippen LogP contribution is -1.96. The van der Waals surface area contributed by atoms with E-state index in [2.05, 4.69) is 18.4 Å². The van der Waals surface area contributed by atoms with E-state index in [1.54, 1.807) is 0 Å². The van der Waals surface area contributed by atoms with Crippen LogP contribution in [-0.4, -0.2) is 13.2 Å². The fraction of sp³-hybridized carbons (Fsp3) is 0.556. The molecule has 1 nitrogen and oxygen atoms in total. The van der Waals surface area contributed by atoms with E-state index >= 15 is 0 Å². The van der Waals surface area contributed by atoms with Crippen molar-refractivity contribution in [3.63, 3.8) is 0 Å². The van der Waals surface area contributed by atoms with Crippen LogP contribution in [0.25, 0.3) is 0 Å². The van der Waals surface area contributed by atoms with Gasteiger partial charge in [-0.05, 0) is 30.4 Å². The number of hydrogen-bond donors (Lipinski definition) is 0. The summed E-state index contributed by atoms with van der Waals surface area (Å²) in [6.45, 7) is 4.07. The zero-order chi connectivity index (χ0) is 7.68. The van der Waals surface area contributed by atoms with Gasteiger partial charge in [-0.2, -0.15) is 0 Å². The van der Waals surface area contributed by atoms with E-state index in [0.29, 0.717) is 5.92 Å². The highest BCUT2D eigenvalue weighted by Crippen LogP contribution is 2.30. The molecule has 2 heteroatoms. The molecule has 1 aliphatic heterocycles. The van der Waals surface area contributed by atoms with Crippen molar-refractivity contribution in [3.05, 3.63) is 21.9 Å². The van der Waals surface area contributed by atoms with Gasteiger partial charge in [0.2, 0.25) is 0 Å². The van der Waals surface area contributed by atoms with Crippen LogP contribution in [0.3, 0.4) is 0 Å². The maximum Gasteiger partial charge on any atom is 0.0535 e. The minimum atomic E-state index is 0.682. The number of aryl methyl sites for hydroxylation is 1. The number of ether oxygens (including phenoxy) is 1.